The molecule has 0 bridgehead atoms. The van der Waals surface area contributed by atoms with Crippen LogP contribution in [0.1, 0.15) is 42.1 Å². The van der Waals surface area contributed by atoms with Crippen LogP contribution in [0.4, 0.5) is 4.39 Å². The molecule has 0 saturated heterocycles. The van der Waals surface area contributed by atoms with Gasteiger partial charge in [-0.3, -0.25) is 0 Å². The molecule has 3 rings (SSSR count). The first-order valence-electron chi connectivity index (χ1n) is 6.94. The third-order valence-corrected chi connectivity index (χ3v) is 4.76. The topological polar surface area (TPSA) is 12.0 Å². The molecule has 104 valence electrons. The summed E-state index contributed by atoms with van der Waals surface area (Å²) >= 11 is 3.59. The first-order valence-corrected chi connectivity index (χ1v) is 7.74. The van der Waals surface area contributed by atoms with Crippen molar-refractivity contribution in [2.45, 2.75) is 31.8 Å². The fourth-order valence-corrected chi connectivity index (χ4v) is 3.63. The van der Waals surface area contributed by atoms with E-state index in [1.54, 1.807) is 12.1 Å². The normalized spacial score (nSPS) is 18.9. The average molecular weight is 334 g/mol. The molecule has 3 heteroatoms. The lowest BCUT2D eigenvalue weighted by Gasteiger charge is -2.21. The number of fused-ring (bicyclic) bond motifs is 1. The van der Waals surface area contributed by atoms with E-state index in [0.29, 0.717) is 0 Å². The van der Waals surface area contributed by atoms with E-state index in [1.807, 2.05) is 18.2 Å². The van der Waals surface area contributed by atoms with Gasteiger partial charge in [0.2, 0.25) is 0 Å². The minimum Gasteiger partial charge on any atom is -0.303 e. The van der Waals surface area contributed by atoms with Gasteiger partial charge in [-0.2, -0.15) is 0 Å². The van der Waals surface area contributed by atoms with Gasteiger partial charge >= 0.3 is 0 Å². The zero-order valence-corrected chi connectivity index (χ0v) is 13.0. The Balaban J connectivity index is 1.81. The Hall–Kier alpha value is -1.19. The molecule has 0 aromatic heterocycles. The molecule has 0 heterocycles. The Morgan fingerprint density at radius 2 is 2.00 bits per heavy atom. The number of nitrogens with one attached hydrogen (secondary N) is 1. The maximum atomic E-state index is 13.8. The van der Waals surface area contributed by atoms with E-state index in [1.165, 1.54) is 5.56 Å². The van der Waals surface area contributed by atoms with Crippen molar-refractivity contribution in [2.24, 2.45) is 0 Å². The lowest BCUT2D eigenvalue weighted by atomic mass is 10.0. The number of hydrogen-bond acceptors (Lipinski definition) is 1. The lowest BCUT2D eigenvalue weighted by Crippen LogP contribution is -2.23. The third-order valence-electron chi connectivity index (χ3n) is 4.04. The molecule has 1 aliphatic carbocycles. The van der Waals surface area contributed by atoms with E-state index in [-0.39, 0.29) is 17.9 Å². The Kier molecular flexibility index (Phi) is 3.90. The maximum absolute atomic E-state index is 13.8. The second kappa shape index (κ2) is 5.66. The monoisotopic (exact) mass is 333 g/mol. The SMILES string of the molecule is CC(NC1CCc2c(F)cccc21)c1ccccc1Br. The third kappa shape index (κ3) is 2.52. The fraction of sp³-hybridized carbons (Fsp3) is 0.294. The van der Waals surface area contributed by atoms with E-state index in [4.69, 9.17) is 0 Å². The summed E-state index contributed by atoms with van der Waals surface area (Å²) in [4.78, 5) is 0. The first-order chi connectivity index (χ1) is 9.66. The summed E-state index contributed by atoms with van der Waals surface area (Å²) in [5.41, 5.74) is 3.23. The zero-order valence-electron chi connectivity index (χ0n) is 11.4. The van der Waals surface area contributed by atoms with Crippen molar-refractivity contribution in [3.8, 4) is 0 Å². The van der Waals surface area contributed by atoms with Gasteiger partial charge in [-0.05, 0) is 48.6 Å². The quantitative estimate of drug-likeness (QED) is 0.839. The smallest absolute Gasteiger partial charge is 0.126 e. The molecule has 0 radical (unpaired) electrons. The standard InChI is InChI=1S/C17H17BrFN/c1-11(12-5-2-3-7-15(12)18)20-17-10-9-13-14(17)6-4-8-16(13)19/h2-8,11,17,20H,9-10H2,1H3. The van der Waals surface area contributed by atoms with Gasteiger partial charge in [0.25, 0.3) is 0 Å². The minimum absolute atomic E-state index is 0.0691. The van der Waals surface area contributed by atoms with E-state index < -0.39 is 0 Å². The van der Waals surface area contributed by atoms with Crippen LogP contribution in [0.3, 0.4) is 0 Å². The summed E-state index contributed by atoms with van der Waals surface area (Å²) in [5.74, 6) is -0.0691. The molecule has 0 fully saturated rings. The van der Waals surface area contributed by atoms with Crippen LogP contribution in [0.15, 0.2) is 46.9 Å². The van der Waals surface area contributed by atoms with Crippen molar-refractivity contribution >= 4 is 15.9 Å². The summed E-state index contributed by atoms with van der Waals surface area (Å²) in [7, 11) is 0. The lowest BCUT2D eigenvalue weighted by molar-refractivity contribution is 0.464. The first kappa shape index (κ1) is 13.8. The van der Waals surface area contributed by atoms with Gasteiger partial charge in [-0.15, -0.1) is 0 Å². The van der Waals surface area contributed by atoms with E-state index in [9.17, 15) is 4.39 Å². The van der Waals surface area contributed by atoms with Crippen LogP contribution >= 0.6 is 15.9 Å². The fourth-order valence-electron chi connectivity index (χ4n) is 3.00. The molecule has 20 heavy (non-hydrogen) atoms. The predicted octanol–water partition coefficient (Wildman–Crippen LogP) is 4.93. The zero-order chi connectivity index (χ0) is 14.1. The summed E-state index contributed by atoms with van der Waals surface area (Å²) in [5, 5.41) is 3.62. The van der Waals surface area contributed by atoms with Gasteiger partial charge in [-0.25, -0.2) is 4.39 Å². The van der Waals surface area contributed by atoms with Gasteiger partial charge in [0, 0.05) is 16.6 Å². The summed E-state index contributed by atoms with van der Waals surface area (Å²) in [6, 6.07) is 14.1. The highest BCUT2D eigenvalue weighted by Gasteiger charge is 2.26. The molecule has 2 aromatic rings. The Morgan fingerprint density at radius 1 is 1.20 bits per heavy atom. The predicted molar refractivity (Wildman–Crippen MR) is 83.2 cm³/mol. The van der Waals surface area contributed by atoms with Crippen LogP contribution < -0.4 is 5.32 Å². The highest BCUT2D eigenvalue weighted by Crippen LogP contribution is 2.35. The average Bonchev–Trinajstić information content (AvgIpc) is 2.84. The molecule has 0 aliphatic heterocycles. The molecule has 2 unspecified atom stereocenters. The number of hydrogen-bond donors (Lipinski definition) is 1. The van der Waals surface area contributed by atoms with Crippen molar-refractivity contribution in [3.63, 3.8) is 0 Å². The van der Waals surface area contributed by atoms with Crippen molar-refractivity contribution in [1.82, 2.24) is 5.32 Å². The van der Waals surface area contributed by atoms with Gasteiger partial charge in [0.1, 0.15) is 5.82 Å². The van der Waals surface area contributed by atoms with Crippen LogP contribution in [-0.4, -0.2) is 0 Å². The van der Waals surface area contributed by atoms with Crippen molar-refractivity contribution in [1.29, 1.82) is 0 Å². The van der Waals surface area contributed by atoms with Crippen molar-refractivity contribution < 1.29 is 4.39 Å². The molecule has 1 N–H and O–H groups in total. The van der Waals surface area contributed by atoms with Crippen LogP contribution in [0, 0.1) is 5.82 Å². The Bertz CT molecular complexity index is 626. The summed E-state index contributed by atoms with van der Waals surface area (Å²) in [6.07, 6.45) is 1.79. The Labute approximate surface area is 127 Å². The number of rotatable bonds is 3. The van der Waals surface area contributed by atoms with Gasteiger partial charge in [-0.1, -0.05) is 46.3 Å². The van der Waals surface area contributed by atoms with Crippen LogP contribution in [0.2, 0.25) is 0 Å². The highest BCUT2D eigenvalue weighted by molar-refractivity contribution is 9.10. The largest absolute Gasteiger partial charge is 0.303 e. The molecule has 2 atom stereocenters. The molecule has 0 spiro atoms. The highest BCUT2D eigenvalue weighted by atomic mass is 79.9. The van der Waals surface area contributed by atoms with Gasteiger partial charge in [0.05, 0.1) is 0 Å². The van der Waals surface area contributed by atoms with Crippen LogP contribution in [0.25, 0.3) is 0 Å². The second-order valence-corrected chi connectivity index (χ2v) is 6.16. The second-order valence-electron chi connectivity index (χ2n) is 5.31. The van der Waals surface area contributed by atoms with E-state index >= 15 is 0 Å². The molecular formula is C17H17BrFN. The molecule has 0 saturated carbocycles. The van der Waals surface area contributed by atoms with Crippen LogP contribution in [0.5, 0.6) is 0 Å². The summed E-state index contributed by atoms with van der Waals surface area (Å²) in [6.45, 7) is 2.15. The van der Waals surface area contributed by atoms with Crippen molar-refractivity contribution in [2.75, 3.05) is 0 Å². The van der Waals surface area contributed by atoms with Crippen molar-refractivity contribution in [3.05, 3.63) is 69.4 Å². The van der Waals surface area contributed by atoms with E-state index in [2.05, 4.69) is 40.3 Å². The summed E-state index contributed by atoms with van der Waals surface area (Å²) < 4.78 is 14.9. The molecule has 2 aromatic carbocycles. The minimum atomic E-state index is -0.0691. The van der Waals surface area contributed by atoms with E-state index in [0.717, 1.165) is 28.4 Å². The van der Waals surface area contributed by atoms with Crippen LogP contribution in [-0.2, 0) is 6.42 Å². The molecule has 1 nitrogen and oxygen atoms in total. The molecular weight excluding hydrogens is 317 g/mol. The Morgan fingerprint density at radius 3 is 2.80 bits per heavy atom. The van der Waals surface area contributed by atoms with Gasteiger partial charge in [0.15, 0.2) is 0 Å². The molecule has 0 amide bonds. The molecule has 1 aliphatic rings. The van der Waals surface area contributed by atoms with Gasteiger partial charge < -0.3 is 5.32 Å². The maximum Gasteiger partial charge on any atom is 0.126 e. The number of halogens is 2. The number of benzene rings is 2.